The summed E-state index contributed by atoms with van der Waals surface area (Å²) in [6.07, 6.45) is 0. The van der Waals surface area contributed by atoms with E-state index in [1.165, 1.54) is 16.7 Å². The molecule has 1 aromatic heterocycles. The maximum absolute atomic E-state index is 11.4. The van der Waals surface area contributed by atoms with E-state index in [1.54, 1.807) is 14.1 Å². The third kappa shape index (κ3) is 4.01. The smallest absolute Gasteiger partial charge is 0.277 e. The number of thioether (sulfide) groups is 1. The van der Waals surface area contributed by atoms with Gasteiger partial charge < -0.3 is 15.1 Å². The molecule has 7 heteroatoms. The van der Waals surface area contributed by atoms with E-state index in [0.29, 0.717) is 11.1 Å². The fourth-order valence-electron chi connectivity index (χ4n) is 0.951. The van der Waals surface area contributed by atoms with E-state index in [2.05, 4.69) is 10.2 Å². The molecule has 1 rings (SSSR count). The third-order valence-corrected chi connectivity index (χ3v) is 3.05. The molecule has 0 aromatic carbocycles. The number of hydrogen-bond donors (Lipinski definition) is 1. The van der Waals surface area contributed by atoms with Gasteiger partial charge in [0.15, 0.2) is 0 Å². The van der Waals surface area contributed by atoms with Crippen LogP contribution in [-0.2, 0) is 4.79 Å². The summed E-state index contributed by atoms with van der Waals surface area (Å²) in [5.74, 6) is 0.936. The van der Waals surface area contributed by atoms with Crippen molar-refractivity contribution < 1.29 is 9.21 Å². The topological polar surface area (TPSA) is 85.2 Å². The predicted octanol–water partition coefficient (Wildman–Crippen LogP) is 0.906. The number of carbonyl (C=O) groups excluding carboxylic acids is 1. The number of hydrogen-bond acceptors (Lipinski definition) is 6. The lowest BCUT2D eigenvalue weighted by molar-refractivity contribution is -0.125. The molecule has 1 heterocycles. The van der Waals surface area contributed by atoms with Gasteiger partial charge in [-0.05, 0) is 5.92 Å². The molecule has 0 aliphatic heterocycles. The predicted molar refractivity (Wildman–Crippen MR) is 65.5 cm³/mol. The third-order valence-electron chi connectivity index (χ3n) is 2.24. The van der Waals surface area contributed by atoms with Crippen molar-refractivity contribution in [3.8, 4) is 0 Å². The Labute approximate surface area is 105 Å². The molecule has 6 nitrogen and oxygen atoms in total. The fraction of sp³-hybridized carbons (Fsp3) is 0.700. The molecule has 1 atom stereocenters. The summed E-state index contributed by atoms with van der Waals surface area (Å²) < 4.78 is 5.38. The van der Waals surface area contributed by atoms with Crippen LogP contribution in [0, 0.1) is 5.92 Å². The lowest BCUT2D eigenvalue weighted by Gasteiger charge is -2.09. The van der Waals surface area contributed by atoms with Crippen molar-refractivity contribution >= 4 is 17.7 Å². The van der Waals surface area contributed by atoms with Crippen LogP contribution >= 0.6 is 11.8 Å². The van der Waals surface area contributed by atoms with Gasteiger partial charge in [-0.3, -0.25) is 4.79 Å². The quantitative estimate of drug-likeness (QED) is 0.790. The minimum absolute atomic E-state index is 0.00269. The van der Waals surface area contributed by atoms with Crippen LogP contribution in [0.4, 0.5) is 0 Å². The van der Waals surface area contributed by atoms with Crippen molar-refractivity contribution in [2.75, 3.05) is 19.8 Å². The first-order valence-electron chi connectivity index (χ1n) is 5.33. The maximum atomic E-state index is 11.4. The highest BCUT2D eigenvalue weighted by Crippen LogP contribution is 2.22. The first-order chi connectivity index (χ1) is 7.91. The molecule has 1 aromatic rings. The highest BCUT2D eigenvalue weighted by atomic mass is 32.2. The molecule has 0 radical (unpaired) electrons. The molecule has 0 fully saturated rings. The van der Waals surface area contributed by atoms with E-state index in [9.17, 15) is 4.79 Å². The van der Waals surface area contributed by atoms with Gasteiger partial charge in [0.25, 0.3) is 5.22 Å². The molecule has 0 saturated heterocycles. The highest BCUT2D eigenvalue weighted by molar-refractivity contribution is 7.99. The summed E-state index contributed by atoms with van der Waals surface area (Å²) >= 11 is 1.22. The average Bonchev–Trinajstić information content (AvgIpc) is 2.72. The highest BCUT2D eigenvalue weighted by Gasteiger charge is 2.18. The van der Waals surface area contributed by atoms with Crippen LogP contribution in [0.2, 0.25) is 0 Å². The molecule has 0 bridgehead atoms. The van der Waals surface area contributed by atoms with Crippen LogP contribution in [0.5, 0.6) is 0 Å². The molecule has 0 aliphatic rings. The van der Waals surface area contributed by atoms with E-state index in [0.717, 1.165) is 0 Å². The van der Waals surface area contributed by atoms with Crippen LogP contribution in [0.3, 0.4) is 0 Å². The second kappa shape index (κ2) is 6.02. The monoisotopic (exact) mass is 258 g/mol. The normalized spacial score (nSPS) is 12.8. The van der Waals surface area contributed by atoms with Crippen LogP contribution in [0.1, 0.15) is 25.8 Å². The summed E-state index contributed by atoms with van der Waals surface area (Å²) in [6, 6.07) is -0.263. The van der Waals surface area contributed by atoms with Gasteiger partial charge in [0.2, 0.25) is 11.8 Å². The first kappa shape index (κ1) is 14.0. The summed E-state index contributed by atoms with van der Waals surface area (Å²) in [5.41, 5.74) is 5.87. The number of nitrogens with two attached hydrogens (primary N) is 1. The maximum Gasteiger partial charge on any atom is 0.277 e. The van der Waals surface area contributed by atoms with E-state index in [-0.39, 0.29) is 23.6 Å². The number of carbonyl (C=O) groups is 1. The summed E-state index contributed by atoms with van der Waals surface area (Å²) in [4.78, 5) is 12.9. The summed E-state index contributed by atoms with van der Waals surface area (Å²) in [6.45, 7) is 3.97. The van der Waals surface area contributed by atoms with E-state index in [1.807, 2.05) is 13.8 Å². The zero-order valence-electron chi connectivity index (χ0n) is 10.5. The van der Waals surface area contributed by atoms with Crippen molar-refractivity contribution in [3.63, 3.8) is 0 Å². The Kier molecular flexibility index (Phi) is 4.95. The first-order valence-corrected chi connectivity index (χ1v) is 6.32. The van der Waals surface area contributed by atoms with Gasteiger partial charge in [0.05, 0.1) is 11.8 Å². The molecule has 2 N–H and O–H groups in total. The van der Waals surface area contributed by atoms with Gasteiger partial charge in [-0.15, -0.1) is 10.2 Å². The van der Waals surface area contributed by atoms with Crippen LogP contribution in [0.25, 0.3) is 0 Å². The van der Waals surface area contributed by atoms with Crippen molar-refractivity contribution in [2.45, 2.75) is 25.1 Å². The fourth-order valence-corrected chi connectivity index (χ4v) is 1.70. The van der Waals surface area contributed by atoms with Crippen molar-refractivity contribution in [1.82, 2.24) is 15.1 Å². The Morgan fingerprint density at radius 2 is 2.12 bits per heavy atom. The van der Waals surface area contributed by atoms with Crippen LogP contribution in [-0.4, -0.2) is 40.9 Å². The molecule has 0 spiro atoms. The van der Waals surface area contributed by atoms with Crippen molar-refractivity contribution in [2.24, 2.45) is 11.7 Å². The van der Waals surface area contributed by atoms with Gasteiger partial charge in [-0.1, -0.05) is 25.6 Å². The van der Waals surface area contributed by atoms with Gasteiger partial charge in [0, 0.05) is 14.1 Å². The average molecular weight is 258 g/mol. The van der Waals surface area contributed by atoms with Gasteiger partial charge in [-0.25, -0.2) is 0 Å². The van der Waals surface area contributed by atoms with E-state index >= 15 is 0 Å². The Balaban J connectivity index is 2.54. The molecular formula is C10H18N4O2S. The Bertz CT molecular complexity index is 378. The number of aromatic nitrogens is 2. The van der Waals surface area contributed by atoms with Crippen LogP contribution in [0.15, 0.2) is 9.64 Å². The number of amides is 1. The lowest BCUT2D eigenvalue weighted by Crippen LogP contribution is -2.23. The summed E-state index contributed by atoms with van der Waals surface area (Å²) in [5, 5.41) is 8.10. The van der Waals surface area contributed by atoms with Gasteiger partial charge >= 0.3 is 0 Å². The second-order valence-electron chi connectivity index (χ2n) is 4.25. The molecule has 17 heavy (non-hydrogen) atoms. The Morgan fingerprint density at radius 1 is 1.47 bits per heavy atom. The Hall–Kier alpha value is -1.08. The molecule has 1 unspecified atom stereocenters. The van der Waals surface area contributed by atoms with E-state index in [4.69, 9.17) is 10.2 Å². The molecule has 96 valence electrons. The van der Waals surface area contributed by atoms with Gasteiger partial charge in [-0.2, -0.15) is 0 Å². The number of nitrogens with zero attached hydrogens (tertiary/aromatic N) is 3. The summed E-state index contributed by atoms with van der Waals surface area (Å²) in [7, 11) is 3.41. The molecule has 0 saturated carbocycles. The zero-order chi connectivity index (χ0) is 13.0. The SMILES string of the molecule is CC(C)C(N)c1nnc(SCC(=O)N(C)C)o1. The second-order valence-corrected chi connectivity index (χ2v) is 5.18. The largest absolute Gasteiger partial charge is 0.414 e. The molecular weight excluding hydrogens is 240 g/mol. The standard InChI is InChI=1S/C10H18N4O2S/c1-6(2)8(11)9-12-13-10(16-9)17-5-7(15)14(3)4/h6,8H,5,11H2,1-4H3. The van der Waals surface area contributed by atoms with E-state index < -0.39 is 0 Å². The van der Waals surface area contributed by atoms with Gasteiger partial charge in [0.1, 0.15) is 0 Å². The minimum atomic E-state index is -0.263. The lowest BCUT2D eigenvalue weighted by atomic mass is 10.1. The Morgan fingerprint density at radius 3 is 2.65 bits per heavy atom. The molecule has 1 amide bonds. The molecule has 0 aliphatic carbocycles. The zero-order valence-corrected chi connectivity index (χ0v) is 11.3. The number of rotatable bonds is 5. The minimum Gasteiger partial charge on any atom is -0.414 e. The van der Waals surface area contributed by atoms with Crippen molar-refractivity contribution in [3.05, 3.63) is 5.89 Å². The van der Waals surface area contributed by atoms with Crippen LogP contribution < -0.4 is 5.73 Å². The van der Waals surface area contributed by atoms with Crippen molar-refractivity contribution in [1.29, 1.82) is 0 Å².